The number of fused-ring (bicyclic) bond motifs is 1. The Morgan fingerprint density at radius 3 is 2.89 bits per heavy atom. The molecule has 1 heterocycles. The Hall–Kier alpha value is -1.67. The zero-order chi connectivity index (χ0) is 13.5. The molecule has 2 N–H and O–H groups in total. The molecular weight excluding hydrogens is 232 g/mol. The summed E-state index contributed by atoms with van der Waals surface area (Å²) in [6.07, 6.45) is 9.56. The number of pyridine rings is 1. The summed E-state index contributed by atoms with van der Waals surface area (Å²) in [5, 5.41) is 1.18. The van der Waals surface area contributed by atoms with Gasteiger partial charge in [-0.1, -0.05) is 37.1 Å². The number of nitrogens with two attached hydrogens (primary N) is 1. The van der Waals surface area contributed by atoms with Crippen LogP contribution in [0.25, 0.3) is 10.9 Å². The maximum atomic E-state index is 6.33. The molecule has 1 aromatic carbocycles. The predicted molar refractivity (Wildman–Crippen MR) is 82.0 cm³/mol. The van der Waals surface area contributed by atoms with Crippen LogP contribution in [0.15, 0.2) is 49.2 Å². The first-order valence-electron chi connectivity index (χ1n) is 7.03. The Morgan fingerprint density at radius 2 is 2.05 bits per heavy atom. The van der Waals surface area contributed by atoms with E-state index in [4.69, 9.17) is 5.73 Å². The Bertz CT molecular complexity index is 528. The van der Waals surface area contributed by atoms with E-state index >= 15 is 0 Å². The number of rotatable bonds is 7. The van der Waals surface area contributed by atoms with Gasteiger partial charge in [-0.15, -0.1) is 6.58 Å². The van der Waals surface area contributed by atoms with Gasteiger partial charge in [-0.25, -0.2) is 0 Å². The SMILES string of the molecule is C=CCCCCCC(N)c1cccc2ncccc12. The van der Waals surface area contributed by atoms with Crippen molar-refractivity contribution in [3.05, 3.63) is 54.7 Å². The Kier molecular flexibility index (Phi) is 5.10. The molecule has 0 aliphatic carbocycles. The largest absolute Gasteiger partial charge is 0.324 e. The first-order valence-corrected chi connectivity index (χ1v) is 7.03. The molecule has 0 aliphatic rings. The highest BCUT2D eigenvalue weighted by molar-refractivity contribution is 5.82. The van der Waals surface area contributed by atoms with Gasteiger partial charge < -0.3 is 5.73 Å². The average molecular weight is 254 g/mol. The van der Waals surface area contributed by atoms with Crippen LogP contribution in [-0.4, -0.2) is 4.98 Å². The molecule has 0 saturated carbocycles. The fourth-order valence-corrected chi connectivity index (χ4v) is 2.44. The molecule has 2 rings (SSSR count). The highest BCUT2D eigenvalue weighted by Crippen LogP contribution is 2.25. The van der Waals surface area contributed by atoms with Crippen LogP contribution in [0.5, 0.6) is 0 Å². The van der Waals surface area contributed by atoms with Gasteiger partial charge in [0.05, 0.1) is 5.52 Å². The summed E-state index contributed by atoms with van der Waals surface area (Å²) in [6, 6.07) is 10.4. The van der Waals surface area contributed by atoms with Crippen molar-refractivity contribution in [3.63, 3.8) is 0 Å². The molecule has 1 atom stereocenters. The molecule has 19 heavy (non-hydrogen) atoms. The Labute approximate surface area is 115 Å². The van der Waals surface area contributed by atoms with E-state index in [2.05, 4.69) is 23.7 Å². The van der Waals surface area contributed by atoms with E-state index in [-0.39, 0.29) is 6.04 Å². The van der Waals surface area contributed by atoms with Gasteiger partial charge in [-0.3, -0.25) is 4.98 Å². The van der Waals surface area contributed by atoms with E-state index in [0.717, 1.165) is 18.4 Å². The molecular formula is C17H22N2. The second-order valence-electron chi connectivity index (χ2n) is 4.95. The van der Waals surface area contributed by atoms with Crippen LogP contribution < -0.4 is 5.73 Å². The van der Waals surface area contributed by atoms with Crippen LogP contribution in [0.2, 0.25) is 0 Å². The monoisotopic (exact) mass is 254 g/mol. The van der Waals surface area contributed by atoms with Crippen molar-refractivity contribution in [3.8, 4) is 0 Å². The van der Waals surface area contributed by atoms with Gasteiger partial charge >= 0.3 is 0 Å². The minimum atomic E-state index is 0.108. The number of aromatic nitrogens is 1. The van der Waals surface area contributed by atoms with Crippen LogP contribution in [0.4, 0.5) is 0 Å². The van der Waals surface area contributed by atoms with E-state index in [1.54, 1.807) is 0 Å². The summed E-state index contributed by atoms with van der Waals surface area (Å²) in [7, 11) is 0. The lowest BCUT2D eigenvalue weighted by atomic mass is 9.97. The van der Waals surface area contributed by atoms with Crippen molar-refractivity contribution in [1.29, 1.82) is 0 Å². The van der Waals surface area contributed by atoms with Gasteiger partial charge in [0.15, 0.2) is 0 Å². The van der Waals surface area contributed by atoms with Gasteiger partial charge in [0.2, 0.25) is 0 Å². The van der Waals surface area contributed by atoms with Crippen LogP contribution in [0, 0.1) is 0 Å². The highest BCUT2D eigenvalue weighted by Gasteiger charge is 2.09. The summed E-state index contributed by atoms with van der Waals surface area (Å²) in [5.41, 5.74) is 8.57. The van der Waals surface area contributed by atoms with E-state index in [9.17, 15) is 0 Å². The maximum absolute atomic E-state index is 6.33. The van der Waals surface area contributed by atoms with Gasteiger partial charge in [-0.2, -0.15) is 0 Å². The molecule has 1 unspecified atom stereocenters. The quantitative estimate of drug-likeness (QED) is 0.588. The van der Waals surface area contributed by atoms with Crippen LogP contribution in [-0.2, 0) is 0 Å². The van der Waals surface area contributed by atoms with Crippen LogP contribution in [0.3, 0.4) is 0 Å². The summed E-state index contributed by atoms with van der Waals surface area (Å²) in [4.78, 5) is 4.38. The molecule has 1 aromatic heterocycles. The van der Waals surface area contributed by atoms with Crippen molar-refractivity contribution in [2.75, 3.05) is 0 Å². The number of hydrogen-bond acceptors (Lipinski definition) is 2. The van der Waals surface area contributed by atoms with Crippen molar-refractivity contribution in [1.82, 2.24) is 4.98 Å². The number of unbranched alkanes of at least 4 members (excludes halogenated alkanes) is 3. The van der Waals surface area contributed by atoms with Gasteiger partial charge in [-0.05, 0) is 37.0 Å². The van der Waals surface area contributed by atoms with E-state index < -0.39 is 0 Å². The summed E-state index contributed by atoms with van der Waals surface area (Å²) in [5.74, 6) is 0. The Morgan fingerprint density at radius 1 is 1.16 bits per heavy atom. The third kappa shape index (κ3) is 3.65. The molecule has 0 spiro atoms. The average Bonchev–Trinajstić information content (AvgIpc) is 2.46. The zero-order valence-electron chi connectivity index (χ0n) is 11.4. The van der Waals surface area contributed by atoms with E-state index in [1.165, 1.54) is 30.2 Å². The van der Waals surface area contributed by atoms with Crippen LogP contribution in [0.1, 0.15) is 43.7 Å². The standard InChI is InChI=1S/C17H22N2/c1-2-3-4-5-6-11-16(18)14-9-7-12-17-15(14)10-8-13-19-17/h2,7-10,12-13,16H,1,3-6,11,18H2. The molecule has 0 fully saturated rings. The Balaban J connectivity index is 2.01. The molecule has 2 aromatic rings. The lowest BCUT2D eigenvalue weighted by Gasteiger charge is -2.14. The van der Waals surface area contributed by atoms with Gasteiger partial charge in [0.1, 0.15) is 0 Å². The molecule has 0 aliphatic heterocycles. The second kappa shape index (κ2) is 7.05. The number of nitrogens with zero attached hydrogens (tertiary/aromatic N) is 1. The summed E-state index contributed by atoms with van der Waals surface area (Å²) in [6.45, 7) is 3.74. The minimum Gasteiger partial charge on any atom is -0.324 e. The smallest absolute Gasteiger partial charge is 0.0705 e. The molecule has 100 valence electrons. The van der Waals surface area contributed by atoms with Crippen LogP contribution >= 0.6 is 0 Å². The molecule has 0 radical (unpaired) electrons. The normalized spacial score (nSPS) is 12.5. The van der Waals surface area contributed by atoms with Crippen molar-refractivity contribution < 1.29 is 0 Å². The topological polar surface area (TPSA) is 38.9 Å². The highest BCUT2D eigenvalue weighted by atomic mass is 14.7. The van der Waals surface area contributed by atoms with Crippen molar-refractivity contribution in [2.45, 2.75) is 38.1 Å². The zero-order valence-corrected chi connectivity index (χ0v) is 11.4. The van der Waals surface area contributed by atoms with Crippen molar-refractivity contribution in [2.24, 2.45) is 5.73 Å². The first-order chi connectivity index (χ1) is 9.33. The van der Waals surface area contributed by atoms with E-state index in [0.29, 0.717) is 0 Å². The summed E-state index contributed by atoms with van der Waals surface area (Å²) < 4.78 is 0. The van der Waals surface area contributed by atoms with Crippen molar-refractivity contribution >= 4 is 10.9 Å². The van der Waals surface area contributed by atoms with Gasteiger partial charge in [0, 0.05) is 17.6 Å². The first kappa shape index (κ1) is 13.8. The summed E-state index contributed by atoms with van der Waals surface area (Å²) >= 11 is 0. The molecule has 0 saturated heterocycles. The number of hydrogen-bond donors (Lipinski definition) is 1. The fourth-order valence-electron chi connectivity index (χ4n) is 2.44. The van der Waals surface area contributed by atoms with E-state index in [1.807, 2.05) is 30.5 Å². The minimum absolute atomic E-state index is 0.108. The third-order valence-electron chi connectivity index (χ3n) is 3.50. The molecule has 2 nitrogen and oxygen atoms in total. The molecule has 0 bridgehead atoms. The fraction of sp³-hybridized carbons (Fsp3) is 0.353. The molecule has 0 amide bonds. The second-order valence-corrected chi connectivity index (χ2v) is 4.95. The maximum Gasteiger partial charge on any atom is 0.0705 e. The third-order valence-corrected chi connectivity index (χ3v) is 3.50. The lowest BCUT2D eigenvalue weighted by Crippen LogP contribution is -2.10. The lowest BCUT2D eigenvalue weighted by molar-refractivity contribution is 0.574. The number of benzene rings is 1. The van der Waals surface area contributed by atoms with Gasteiger partial charge in [0.25, 0.3) is 0 Å². The number of allylic oxidation sites excluding steroid dienone is 1. The molecule has 2 heteroatoms. The predicted octanol–water partition coefficient (Wildman–Crippen LogP) is 4.37.